The van der Waals surface area contributed by atoms with Gasteiger partial charge >= 0.3 is 5.65 Å². The molecule has 0 radical (unpaired) electrons. The first-order valence-electron chi connectivity index (χ1n) is 5.88. The topological polar surface area (TPSA) is 128 Å². The van der Waals surface area contributed by atoms with Crippen LogP contribution in [-0.2, 0) is 4.74 Å². The number of aromatic amines is 1. The molecule has 0 aromatic carbocycles. The van der Waals surface area contributed by atoms with Gasteiger partial charge in [-0.15, -0.1) is 4.98 Å². The number of nitrogen functional groups attached to an aromatic ring is 1. The number of pyridine rings is 1. The predicted molar refractivity (Wildman–Crippen MR) is 63.7 cm³/mol. The zero-order chi connectivity index (χ0) is 13.6. The molecule has 3 heterocycles. The monoisotopic (exact) mass is 267 g/mol. The molecule has 0 spiro atoms. The van der Waals surface area contributed by atoms with E-state index in [1.807, 2.05) is 0 Å². The Morgan fingerprint density at radius 3 is 2.89 bits per heavy atom. The first-order chi connectivity index (χ1) is 9.13. The maximum atomic E-state index is 9.98. The van der Waals surface area contributed by atoms with E-state index in [0.717, 1.165) is 0 Å². The van der Waals surface area contributed by atoms with Crippen LogP contribution in [0.25, 0.3) is 11.2 Å². The summed E-state index contributed by atoms with van der Waals surface area (Å²) in [6, 6.07) is 1.65. The molecule has 8 heteroatoms. The van der Waals surface area contributed by atoms with Crippen molar-refractivity contribution >= 4 is 16.9 Å². The highest BCUT2D eigenvalue weighted by molar-refractivity contribution is 5.80. The van der Waals surface area contributed by atoms with Crippen LogP contribution < -0.4 is 10.3 Å². The lowest BCUT2D eigenvalue weighted by Gasteiger charge is -2.11. The van der Waals surface area contributed by atoms with Gasteiger partial charge in [0.15, 0.2) is 11.8 Å². The molecule has 0 bridgehead atoms. The molecule has 0 amide bonds. The Morgan fingerprint density at radius 1 is 1.42 bits per heavy atom. The molecule has 2 aromatic heterocycles. The normalized spacial score (nSPS) is 31.1. The fraction of sp³-hybridized carbons (Fsp3) is 0.455. The van der Waals surface area contributed by atoms with E-state index in [-0.39, 0.29) is 6.61 Å². The van der Waals surface area contributed by atoms with E-state index in [2.05, 4.69) is 9.97 Å². The lowest BCUT2D eigenvalue weighted by atomic mass is 10.1. The third-order valence-corrected chi connectivity index (χ3v) is 3.35. The number of fused-ring (bicyclic) bond motifs is 1. The number of nitrogens with zero attached hydrogens (tertiary/aromatic N) is 2. The number of imidazole rings is 1. The molecule has 1 saturated heterocycles. The van der Waals surface area contributed by atoms with E-state index in [9.17, 15) is 10.2 Å². The third kappa shape index (κ3) is 1.77. The van der Waals surface area contributed by atoms with Crippen molar-refractivity contribution in [3.63, 3.8) is 0 Å². The molecule has 102 valence electrons. The molecule has 1 fully saturated rings. The second-order valence-electron chi connectivity index (χ2n) is 4.51. The van der Waals surface area contributed by atoms with E-state index in [1.165, 1.54) is 0 Å². The van der Waals surface area contributed by atoms with Gasteiger partial charge in [0.2, 0.25) is 6.23 Å². The Balaban J connectivity index is 2.04. The van der Waals surface area contributed by atoms with Crippen LogP contribution in [0.1, 0.15) is 6.23 Å². The van der Waals surface area contributed by atoms with Crippen LogP contribution in [0, 0.1) is 0 Å². The highest BCUT2D eigenvalue weighted by Gasteiger charge is 2.46. The van der Waals surface area contributed by atoms with Gasteiger partial charge in [-0.3, -0.25) is 4.98 Å². The van der Waals surface area contributed by atoms with Crippen LogP contribution in [0.2, 0.25) is 0 Å². The summed E-state index contributed by atoms with van der Waals surface area (Å²) in [6.07, 6.45) is -0.830. The number of aliphatic hydroxyl groups excluding tert-OH is 3. The molecule has 2 aromatic rings. The molecule has 4 atom stereocenters. The van der Waals surface area contributed by atoms with Crippen LogP contribution in [0.3, 0.4) is 0 Å². The number of nitrogens with one attached hydrogen (secondary N) is 1. The first kappa shape index (κ1) is 12.3. The van der Waals surface area contributed by atoms with Crippen LogP contribution in [-0.4, -0.2) is 50.2 Å². The summed E-state index contributed by atoms with van der Waals surface area (Å²) in [5.41, 5.74) is 7.46. The number of ether oxygens (including phenoxy) is 1. The van der Waals surface area contributed by atoms with Gasteiger partial charge in [-0.2, -0.15) is 0 Å². The van der Waals surface area contributed by atoms with Gasteiger partial charge in [0.1, 0.15) is 24.5 Å². The van der Waals surface area contributed by atoms with Crippen molar-refractivity contribution in [2.24, 2.45) is 0 Å². The van der Waals surface area contributed by atoms with Gasteiger partial charge in [-0.25, -0.2) is 4.57 Å². The molecule has 1 aliphatic heterocycles. The van der Waals surface area contributed by atoms with Gasteiger partial charge in [-0.05, 0) is 6.07 Å². The summed E-state index contributed by atoms with van der Waals surface area (Å²) in [4.78, 5) is 7.12. The Morgan fingerprint density at radius 2 is 2.21 bits per heavy atom. The molecule has 6 N–H and O–H groups in total. The van der Waals surface area contributed by atoms with Crippen molar-refractivity contribution in [1.82, 2.24) is 9.97 Å². The van der Waals surface area contributed by atoms with Gasteiger partial charge in [0, 0.05) is 0 Å². The number of rotatable bonds is 2. The van der Waals surface area contributed by atoms with Crippen LogP contribution in [0.5, 0.6) is 0 Å². The lowest BCUT2D eigenvalue weighted by molar-refractivity contribution is -0.745. The smallest absolute Gasteiger partial charge is 0.305 e. The number of anilines is 1. The average Bonchev–Trinajstić information content (AvgIpc) is 2.94. The Bertz CT molecular complexity index is 601. The van der Waals surface area contributed by atoms with Gasteiger partial charge < -0.3 is 25.8 Å². The number of aromatic nitrogens is 3. The summed E-state index contributed by atoms with van der Waals surface area (Å²) in [7, 11) is 0. The van der Waals surface area contributed by atoms with E-state index in [4.69, 9.17) is 15.6 Å². The van der Waals surface area contributed by atoms with Crippen molar-refractivity contribution in [1.29, 1.82) is 0 Å². The Hall–Kier alpha value is -1.74. The largest absolute Gasteiger partial charge is 0.396 e. The number of aliphatic hydroxyl groups is 3. The summed E-state index contributed by atoms with van der Waals surface area (Å²) in [6.45, 7) is -0.368. The van der Waals surface area contributed by atoms with Crippen molar-refractivity contribution in [3.05, 3.63) is 18.6 Å². The Kier molecular flexibility index (Phi) is 2.86. The molecule has 0 aliphatic carbocycles. The molecule has 0 saturated carbocycles. The summed E-state index contributed by atoms with van der Waals surface area (Å²) >= 11 is 0. The zero-order valence-corrected chi connectivity index (χ0v) is 9.97. The molecule has 19 heavy (non-hydrogen) atoms. The van der Waals surface area contributed by atoms with E-state index >= 15 is 0 Å². The Labute approximate surface area is 108 Å². The molecule has 8 nitrogen and oxygen atoms in total. The van der Waals surface area contributed by atoms with Gasteiger partial charge in [0.05, 0.1) is 12.3 Å². The lowest BCUT2D eigenvalue weighted by Crippen LogP contribution is -2.45. The molecule has 1 unspecified atom stereocenters. The SMILES string of the molecule is Nc1ccnc2c1[nH]c[n+]2[C@@H]1O[C@H](CO)[C@H](O)C1O. The standard InChI is InChI=1S/C11H14N4O4/c12-5-1-2-13-10-7(5)14-4-15(10)11-9(18)8(17)6(3-16)19-11/h1-2,4,6,8-9,11,16-18H,3H2,(H2,12,13)/p+1/t6-,8+,9?,11-/m1/s1. The van der Waals surface area contributed by atoms with Crippen LogP contribution in [0.15, 0.2) is 18.6 Å². The summed E-state index contributed by atoms with van der Waals surface area (Å²) < 4.78 is 6.99. The van der Waals surface area contributed by atoms with Crippen molar-refractivity contribution < 1.29 is 24.6 Å². The summed E-state index contributed by atoms with van der Waals surface area (Å²) in [5.74, 6) is 0. The number of H-pyrrole nitrogens is 1. The maximum absolute atomic E-state index is 9.98. The first-order valence-corrected chi connectivity index (χ1v) is 5.88. The van der Waals surface area contributed by atoms with Crippen LogP contribution in [0.4, 0.5) is 5.69 Å². The van der Waals surface area contributed by atoms with E-state index < -0.39 is 24.5 Å². The van der Waals surface area contributed by atoms with Crippen molar-refractivity contribution in [3.8, 4) is 0 Å². The fourth-order valence-corrected chi connectivity index (χ4v) is 2.31. The molecular formula is C11H15N4O4+. The number of hydrogen-bond acceptors (Lipinski definition) is 6. The minimum atomic E-state index is -1.15. The second kappa shape index (κ2) is 4.42. The zero-order valence-electron chi connectivity index (χ0n) is 9.97. The predicted octanol–water partition coefficient (Wildman–Crippen LogP) is -1.96. The number of hydrogen-bond donors (Lipinski definition) is 5. The second-order valence-corrected chi connectivity index (χ2v) is 4.51. The van der Waals surface area contributed by atoms with Crippen molar-refractivity contribution in [2.45, 2.75) is 24.5 Å². The highest BCUT2D eigenvalue weighted by atomic mass is 16.6. The van der Waals surface area contributed by atoms with Crippen molar-refractivity contribution in [2.75, 3.05) is 12.3 Å². The quantitative estimate of drug-likeness (QED) is 0.402. The van der Waals surface area contributed by atoms with Gasteiger partial charge in [-0.1, -0.05) is 0 Å². The molecule has 1 aliphatic rings. The average molecular weight is 267 g/mol. The van der Waals surface area contributed by atoms with E-state index in [1.54, 1.807) is 23.2 Å². The fourth-order valence-electron chi connectivity index (χ4n) is 2.31. The molecular weight excluding hydrogens is 252 g/mol. The minimum absolute atomic E-state index is 0.368. The summed E-state index contributed by atoms with van der Waals surface area (Å²) in [5, 5.41) is 28.8. The van der Waals surface area contributed by atoms with Gasteiger partial charge in [0.25, 0.3) is 0 Å². The maximum Gasteiger partial charge on any atom is 0.305 e. The minimum Gasteiger partial charge on any atom is -0.396 e. The molecule has 3 rings (SSSR count). The highest BCUT2D eigenvalue weighted by Crippen LogP contribution is 2.26. The third-order valence-electron chi connectivity index (χ3n) is 3.35. The van der Waals surface area contributed by atoms with E-state index in [0.29, 0.717) is 16.9 Å². The number of nitrogens with two attached hydrogens (primary N) is 1. The van der Waals surface area contributed by atoms with Crippen LogP contribution >= 0.6 is 0 Å².